The molecule has 0 bridgehead atoms. The third-order valence-electron chi connectivity index (χ3n) is 3.47. The molecular weight excluding hydrogens is 260 g/mol. The lowest BCUT2D eigenvalue weighted by atomic mass is 9.89. The van der Waals surface area contributed by atoms with Gasteiger partial charge in [0.25, 0.3) is 0 Å². The second-order valence-electron chi connectivity index (χ2n) is 6.19. The Bertz CT molecular complexity index is 572. The topological polar surface area (TPSA) is 72.2 Å². The van der Waals surface area contributed by atoms with E-state index >= 15 is 0 Å². The zero-order valence-electron chi connectivity index (χ0n) is 12.5. The van der Waals surface area contributed by atoms with Crippen molar-refractivity contribution in [3.8, 4) is 0 Å². The molecule has 0 aliphatic rings. The molecule has 1 rings (SSSR count). The van der Waals surface area contributed by atoms with Gasteiger partial charge >= 0.3 is 0 Å². The number of nitrogen functional groups attached to an aromatic ring is 1. The van der Waals surface area contributed by atoms with Crippen molar-refractivity contribution in [1.29, 1.82) is 0 Å². The molecule has 0 aromatic heterocycles. The Morgan fingerprint density at radius 2 is 1.74 bits per heavy atom. The summed E-state index contributed by atoms with van der Waals surface area (Å²) in [5, 5.41) is 0. The Hall–Kier alpha value is -1.07. The zero-order valence-corrected chi connectivity index (χ0v) is 13.4. The summed E-state index contributed by atoms with van der Waals surface area (Å²) in [6.07, 6.45) is 0. The van der Waals surface area contributed by atoms with E-state index in [0.717, 1.165) is 5.56 Å². The molecule has 19 heavy (non-hydrogen) atoms. The van der Waals surface area contributed by atoms with Gasteiger partial charge in [-0.25, -0.2) is 13.1 Å². The van der Waals surface area contributed by atoms with Crippen molar-refractivity contribution in [3.63, 3.8) is 0 Å². The van der Waals surface area contributed by atoms with E-state index in [-0.39, 0.29) is 16.4 Å². The summed E-state index contributed by atoms with van der Waals surface area (Å²) in [7, 11) is -3.55. The monoisotopic (exact) mass is 284 g/mol. The standard InChI is InChI=1S/C14H24N2O2S/c1-9-7-12(15)10(2)13(8-9)19(17,18)16-11(3)14(4,5)6/h7-8,11,16H,15H2,1-6H3. The minimum atomic E-state index is -3.55. The van der Waals surface area contributed by atoms with Gasteiger partial charge in [-0.15, -0.1) is 0 Å². The van der Waals surface area contributed by atoms with Gasteiger partial charge in [-0.2, -0.15) is 0 Å². The summed E-state index contributed by atoms with van der Waals surface area (Å²) in [5.74, 6) is 0. The second kappa shape index (κ2) is 5.13. The van der Waals surface area contributed by atoms with Gasteiger partial charge in [0.1, 0.15) is 0 Å². The van der Waals surface area contributed by atoms with Crippen LogP contribution in [0.15, 0.2) is 17.0 Å². The van der Waals surface area contributed by atoms with E-state index in [1.165, 1.54) is 0 Å². The molecule has 1 aromatic rings. The van der Waals surface area contributed by atoms with E-state index in [4.69, 9.17) is 5.73 Å². The van der Waals surface area contributed by atoms with Crippen LogP contribution >= 0.6 is 0 Å². The number of nitrogens with two attached hydrogens (primary N) is 1. The smallest absolute Gasteiger partial charge is 0.241 e. The third kappa shape index (κ3) is 3.70. The molecule has 0 amide bonds. The SMILES string of the molecule is Cc1cc(N)c(C)c(S(=O)(=O)NC(C)C(C)(C)C)c1. The van der Waals surface area contributed by atoms with Gasteiger partial charge in [-0.05, 0) is 49.4 Å². The lowest BCUT2D eigenvalue weighted by Crippen LogP contribution is -2.41. The second-order valence-corrected chi connectivity index (χ2v) is 7.87. The van der Waals surface area contributed by atoms with Crippen LogP contribution in [0.2, 0.25) is 0 Å². The first-order valence-electron chi connectivity index (χ1n) is 6.34. The molecule has 0 fully saturated rings. The van der Waals surface area contributed by atoms with Crippen molar-refractivity contribution in [1.82, 2.24) is 4.72 Å². The minimum Gasteiger partial charge on any atom is -0.398 e. The molecule has 0 aliphatic carbocycles. The highest BCUT2D eigenvalue weighted by Crippen LogP contribution is 2.25. The summed E-state index contributed by atoms with van der Waals surface area (Å²) in [6.45, 7) is 11.4. The van der Waals surface area contributed by atoms with Gasteiger partial charge < -0.3 is 5.73 Å². The van der Waals surface area contributed by atoms with Crippen molar-refractivity contribution in [2.45, 2.75) is 52.5 Å². The maximum absolute atomic E-state index is 12.4. The van der Waals surface area contributed by atoms with Gasteiger partial charge in [0, 0.05) is 11.7 Å². The van der Waals surface area contributed by atoms with Crippen molar-refractivity contribution < 1.29 is 8.42 Å². The van der Waals surface area contributed by atoms with Crippen molar-refractivity contribution >= 4 is 15.7 Å². The fourth-order valence-electron chi connectivity index (χ4n) is 1.60. The van der Waals surface area contributed by atoms with Crippen LogP contribution in [0.3, 0.4) is 0 Å². The van der Waals surface area contributed by atoms with Crippen molar-refractivity contribution in [3.05, 3.63) is 23.3 Å². The Morgan fingerprint density at radius 1 is 1.21 bits per heavy atom. The molecule has 5 heteroatoms. The Labute approximate surface area is 116 Å². The summed E-state index contributed by atoms with van der Waals surface area (Å²) in [6, 6.07) is 3.27. The van der Waals surface area contributed by atoms with E-state index in [1.807, 2.05) is 34.6 Å². The average Bonchev–Trinajstić information content (AvgIpc) is 2.21. The molecule has 1 atom stereocenters. The van der Waals surface area contributed by atoms with Crippen LogP contribution in [0, 0.1) is 19.3 Å². The highest BCUT2D eigenvalue weighted by atomic mass is 32.2. The molecule has 0 heterocycles. The van der Waals surface area contributed by atoms with Gasteiger partial charge in [0.15, 0.2) is 0 Å². The van der Waals surface area contributed by atoms with E-state index in [9.17, 15) is 8.42 Å². The zero-order chi connectivity index (χ0) is 15.0. The molecular formula is C14H24N2O2S. The van der Waals surface area contributed by atoms with Gasteiger partial charge in [0.05, 0.1) is 4.90 Å². The van der Waals surface area contributed by atoms with Crippen molar-refractivity contribution in [2.24, 2.45) is 5.41 Å². The number of anilines is 1. The molecule has 0 saturated heterocycles. The predicted molar refractivity (Wildman–Crippen MR) is 79.6 cm³/mol. The fraction of sp³-hybridized carbons (Fsp3) is 0.571. The van der Waals surface area contributed by atoms with Gasteiger partial charge in [-0.3, -0.25) is 0 Å². The lowest BCUT2D eigenvalue weighted by molar-refractivity contribution is 0.317. The minimum absolute atomic E-state index is 0.143. The van der Waals surface area contributed by atoms with Crippen molar-refractivity contribution in [2.75, 3.05) is 5.73 Å². The predicted octanol–water partition coefficient (Wildman–Crippen LogP) is 2.60. The average molecular weight is 284 g/mol. The Balaban J connectivity index is 3.22. The molecule has 0 saturated carbocycles. The lowest BCUT2D eigenvalue weighted by Gasteiger charge is -2.28. The first-order chi connectivity index (χ1) is 8.45. The van der Waals surface area contributed by atoms with Crippen LogP contribution in [0.1, 0.15) is 38.8 Å². The highest BCUT2D eigenvalue weighted by Gasteiger charge is 2.27. The van der Waals surface area contributed by atoms with E-state index < -0.39 is 10.0 Å². The van der Waals surface area contributed by atoms with Gasteiger partial charge in [0.2, 0.25) is 10.0 Å². The number of sulfonamides is 1. The summed E-state index contributed by atoms with van der Waals surface area (Å²) >= 11 is 0. The highest BCUT2D eigenvalue weighted by molar-refractivity contribution is 7.89. The normalized spacial score (nSPS) is 14.4. The van der Waals surface area contributed by atoms with Crippen LogP contribution in [-0.4, -0.2) is 14.5 Å². The van der Waals surface area contributed by atoms with Crippen LogP contribution in [-0.2, 0) is 10.0 Å². The largest absolute Gasteiger partial charge is 0.398 e. The molecule has 108 valence electrons. The molecule has 3 N–H and O–H groups in total. The number of nitrogens with one attached hydrogen (secondary N) is 1. The molecule has 0 aliphatic heterocycles. The van der Waals surface area contributed by atoms with E-state index in [0.29, 0.717) is 11.3 Å². The quantitative estimate of drug-likeness (QED) is 0.838. The summed E-state index contributed by atoms with van der Waals surface area (Å²) < 4.78 is 27.6. The number of rotatable bonds is 3. The number of hydrogen-bond acceptors (Lipinski definition) is 3. The molecule has 0 spiro atoms. The van der Waals surface area contributed by atoms with Crippen LogP contribution < -0.4 is 10.5 Å². The third-order valence-corrected chi connectivity index (χ3v) is 5.13. The van der Waals surface area contributed by atoms with Crippen LogP contribution in [0.4, 0.5) is 5.69 Å². The number of aryl methyl sites for hydroxylation is 1. The molecule has 1 unspecified atom stereocenters. The number of benzene rings is 1. The Kier molecular flexibility index (Phi) is 4.32. The summed E-state index contributed by atoms with van der Waals surface area (Å²) in [4.78, 5) is 0.265. The molecule has 0 radical (unpaired) electrons. The van der Waals surface area contributed by atoms with Crippen LogP contribution in [0.5, 0.6) is 0 Å². The molecule has 1 aromatic carbocycles. The summed E-state index contributed by atoms with van der Waals surface area (Å²) in [5.41, 5.74) is 7.64. The maximum Gasteiger partial charge on any atom is 0.241 e. The van der Waals surface area contributed by atoms with Gasteiger partial charge in [-0.1, -0.05) is 20.8 Å². The maximum atomic E-state index is 12.4. The first kappa shape index (κ1) is 16.0. The van der Waals surface area contributed by atoms with E-state index in [1.54, 1.807) is 19.1 Å². The molecule has 4 nitrogen and oxygen atoms in total. The Morgan fingerprint density at radius 3 is 2.21 bits per heavy atom. The first-order valence-corrected chi connectivity index (χ1v) is 7.82. The number of hydrogen-bond donors (Lipinski definition) is 2. The van der Waals surface area contributed by atoms with E-state index in [2.05, 4.69) is 4.72 Å². The van der Waals surface area contributed by atoms with Crippen LogP contribution in [0.25, 0.3) is 0 Å². The fourth-order valence-corrected chi connectivity index (χ4v) is 3.41.